The Balaban J connectivity index is 1.51. The lowest BCUT2D eigenvalue weighted by Gasteiger charge is -2.30. The highest BCUT2D eigenvalue weighted by atomic mass is 32.2. The zero-order chi connectivity index (χ0) is 31.4. The van der Waals surface area contributed by atoms with Gasteiger partial charge in [0.2, 0.25) is 15.2 Å². The number of rotatable bonds is 9. The number of hydrogen-bond acceptors (Lipinski definition) is 6. The van der Waals surface area contributed by atoms with Gasteiger partial charge in [0.15, 0.2) is 5.69 Å². The third kappa shape index (κ3) is 5.86. The van der Waals surface area contributed by atoms with Gasteiger partial charge in [-0.2, -0.15) is 5.10 Å². The van der Waals surface area contributed by atoms with Gasteiger partial charge in [-0.15, -0.1) is 11.3 Å². The predicted molar refractivity (Wildman–Crippen MR) is 159 cm³/mol. The van der Waals surface area contributed by atoms with Crippen molar-refractivity contribution in [3.8, 4) is 5.13 Å². The lowest BCUT2D eigenvalue weighted by atomic mass is 9.73. The van der Waals surface area contributed by atoms with E-state index in [0.717, 1.165) is 47.6 Å². The average molecular weight is 641 g/mol. The third-order valence-electron chi connectivity index (χ3n) is 8.01. The number of thiazole rings is 1. The molecule has 228 valence electrons. The Bertz CT molecular complexity index is 1960. The van der Waals surface area contributed by atoms with Gasteiger partial charge in [0.25, 0.3) is 0 Å². The highest BCUT2D eigenvalue weighted by Gasteiger charge is 2.38. The number of benzene rings is 2. The van der Waals surface area contributed by atoms with Gasteiger partial charge in [0, 0.05) is 22.8 Å². The molecule has 0 amide bonds. The van der Waals surface area contributed by atoms with Gasteiger partial charge in [0.05, 0.1) is 11.4 Å². The first-order valence-electron chi connectivity index (χ1n) is 13.8. The van der Waals surface area contributed by atoms with Crippen LogP contribution in [0.2, 0.25) is 0 Å². The smallest absolute Gasteiger partial charge is 0.355 e. The van der Waals surface area contributed by atoms with E-state index in [2.05, 4.69) is 4.98 Å². The van der Waals surface area contributed by atoms with E-state index in [4.69, 9.17) is 10.2 Å². The van der Waals surface area contributed by atoms with Gasteiger partial charge in [-0.1, -0.05) is 31.2 Å². The molecule has 1 fully saturated rings. The fraction of sp³-hybridized carbons (Fsp3) is 0.258. The van der Waals surface area contributed by atoms with E-state index in [9.17, 15) is 27.1 Å². The monoisotopic (exact) mass is 640 g/mol. The predicted octanol–water partition coefficient (Wildman–Crippen LogP) is 6.09. The number of aromatic nitrogens is 3. The van der Waals surface area contributed by atoms with E-state index >= 15 is 4.39 Å². The molecule has 0 aliphatic heterocycles. The number of nitrogens with two attached hydrogens (primary N) is 1. The average Bonchev–Trinajstić information content (AvgIpc) is 3.51. The number of carboxylic acid groups (broad SMARTS) is 1. The maximum Gasteiger partial charge on any atom is 0.355 e. The normalized spacial score (nSPS) is 18.7. The summed E-state index contributed by atoms with van der Waals surface area (Å²) in [6, 6.07) is 9.29. The molecule has 2 heterocycles. The van der Waals surface area contributed by atoms with Crippen LogP contribution in [0.4, 0.5) is 13.2 Å². The minimum Gasteiger partial charge on any atom is -0.476 e. The summed E-state index contributed by atoms with van der Waals surface area (Å²) in [5.74, 6) is -2.71. The molecule has 0 spiro atoms. The van der Waals surface area contributed by atoms with Crippen LogP contribution in [0.3, 0.4) is 0 Å². The number of carboxylic acids is 1. The fourth-order valence-electron chi connectivity index (χ4n) is 5.56. The van der Waals surface area contributed by atoms with Crippen molar-refractivity contribution in [3.05, 3.63) is 111 Å². The van der Waals surface area contributed by atoms with Crippen LogP contribution in [0, 0.1) is 17.6 Å². The minimum absolute atomic E-state index is 0.131. The first kappa shape index (κ1) is 30.0. The molecule has 1 unspecified atom stereocenters. The summed E-state index contributed by atoms with van der Waals surface area (Å²) in [4.78, 5) is 15.3. The topological polar surface area (TPSA) is 128 Å². The van der Waals surface area contributed by atoms with Crippen LogP contribution in [0.5, 0.6) is 0 Å². The molecular formula is C31H27F3N4O4S2. The van der Waals surface area contributed by atoms with Gasteiger partial charge in [-0.05, 0) is 78.6 Å². The SMILES string of the molecule is CC1(c2nn(-c3nc(C(=O)O)cs3)c(CC3CC3)c2Cc2ccc(S(N)(=O)=O)c(F)c2)C=CC(F)=C(c2ccc(F)cc2)C1. The maximum absolute atomic E-state index is 15.2. The van der Waals surface area contributed by atoms with E-state index in [0.29, 0.717) is 39.9 Å². The third-order valence-corrected chi connectivity index (χ3v) is 9.77. The summed E-state index contributed by atoms with van der Waals surface area (Å²) in [5, 5.41) is 21.4. The van der Waals surface area contributed by atoms with Crippen molar-refractivity contribution in [2.75, 3.05) is 0 Å². The lowest BCUT2D eigenvalue weighted by Crippen LogP contribution is -2.25. The summed E-state index contributed by atoms with van der Waals surface area (Å²) < 4.78 is 69.1. The number of aromatic carboxylic acids is 1. The van der Waals surface area contributed by atoms with Gasteiger partial charge >= 0.3 is 5.97 Å². The Hall–Kier alpha value is -4.07. The fourth-order valence-corrected chi connectivity index (χ4v) is 6.93. The zero-order valence-electron chi connectivity index (χ0n) is 23.4. The molecule has 0 saturated heterocycles. The van der Waals surface area contributed by atoms with E-state index in [1.165, 1.54) is 41.8 Å². The molecule has 2 aromatic carbocycles. The highest BCUT2D eigenvalue weighted by Crippen LogP contribution is 2.45. The molecule has 13 heteroatoms. The van der Waals surface area contributed by atoms with Crippen molar-refractivity contribution in [3.63, 3.8) is 0 Å². The number of allylic oxidation sites excluding steroid dienone is 4. The summed E-state index contributed by atoms with van der Waals surface area (Å²) in [5.41, 5.74) is 2.37. The quantitative estimate of drug-likeness (QED) is 0.228. The second-order valence-electron chi connectivity index (χ2n) is 11.4. The molecular weight excluding hydrogens is 613 g/mol. The zero-order valence-corrected chi connectivity index (χ0v) is 25.1. The molecule has 0 bridgehead atoms. The van der Waals surface area contributed by atoms with Gasteiger partial charge in [-0.3, -0.25) is 0 Å². The molecule has 0 radical (unpaired) electrons. The van der Waals surface area contributed by atoms with Crippen LogP contribution in [0.15, 0.2) is 70.7 Å². The molecule has 44 heavy (non-hydrogen) atoms. The molecule has 3 N–H and O–H groups in total. The Morgan fingerprint density at radius 3 is 2.50 bits per heavy atom. The Morgan fingerprint density at radius 2 is 1.89 bits per heavy atom. The molecule has 1 saturated carbocycles. The first-order chi connectivity index (χ1) is 20.8. The van der Waals surface area contributed by atoms with E-state index < -0.39 is 43.8 Å². The van der Waals surface area contributed by atoms with Crippen LogP contribution in [0.1, 0.15) is 64.8 Å². The van der Waals surface area contributed by atoms with Crippen molar-refractivity contribution in [2.24, 2.45) is 11.1 Å². The summed E-state index contributed by atoms with van der Waals surface area (Å²) in [7, 11) is -4.27. The van der Waals surface area contributed by atoms with Gasteiger partial charge in [-0.25, -0.2) is 41.2 Å². The van der Waals surface area contributed by atoms with Gasteiger partial charge < -0.3 is 5.11 Å². The van der Waals surface area contributed by atoms with Crippen molar-refractivity contribution in [1.82, 2.24) is 14.8 Å². The van der Waals surface area contributed by atoms with Crippen molar-refractivity contribution < 1.29 is 31.5 Å². The van der Waals surface area contributed by atoms with Crippen LogP contribution in [-0.2, 0) is 28.3 Å². The van der Waals surface area contributed by atoms with Crippen LogP contribution >= 0.6 is 11.3 Å². The number of carbonyl (C=O) groups is 1. The lowest BCUT2D eigenvalue weighted by molar-refractivity contribution is 0.0691. The standard InChI is InChI=1S/C31H27F3N4O4S2/c1-31(11-10-23(33)22(15-31)19-5-7-20(32)8-6-19)28-21(12-18-4-9-27(24(34)13-18)44(35,41)42)26(14-17-2-3-17)38(37-28)30-36-25(16-43-30)29(39)40/h4-11,13,16-17H,2-3,12,14-15H2,1H3,(H,39,40)(H2,35,41,42). The number of hydrogen-bond donors (Lipinski definition) is 2. The number of sulfonamides is 1. The molecule has 2 aliphatic rings. The second kappa shape index (κ2) is 11.1. The molecule has 4 aromatic rings. The van der Waals surface area contributed by atoms with Crippen LogP contribution < -0.4 is 5.14 Å². The van der Waals surface area contributed by atoms with Crippen molar-refractivity contribution in [1.29, 1.82) is 0 Å². The van der Waals surface area contributed by atoms with E-state index in [1.54, 1.807) is 10.8 Å². The van der Waals surface area contributed by atoms with Crippen molar-refractivity contribution in [2.45, 2.75) is 49.3 Å². The maximum atomic E-state index is 15.2. The Morgan fingerprint density at radius 1 is 1.16 bits per heavy atom. The highest BCUT2D eigenvalue weighted by molar-refractivity contribution is 7.89. The van der Waals surface area contributed by atoms with Crippen LogP contribution in [-0.4, -0.2) is 34.3 Å². The van der Waals surface area contributed by atoms with Crippen LogP contribution in [0.25, 0.3) is 10.7 Å². The Kier molecular flexibility index (Phi) is 7.58. The summed E-state index contributed by atoms with van der Waals surface area (Å²) in [6.07, 6.45) is 5.98. The number of halogens is 3. The van der Waals surface area contributed by atoms with E-state index in [1.807, 2.05) is 6.92 Å². The second-order valence-corrected chi connectivity index (χ2v) is 13.8. The summed E-state index contributed by atoms with van der Waals surface area (Å²) in [6.45, 7) is 1.89. The molecule has 2 aromatic heterocycles. The molecule has 6 rings (SSSR count). The van der Waals surface area contributed by atoms with Gasteiger partial charge in [0.1, 0.15) is 22.4 Å². The summed E-state index contributed by atoms with van der Waals surface area (Å²) >= 11 is 1.12. The Labute approximate surface area is 255 Å². The molecule has 2 aliphatic carbocycles. The number of nitrogens with zero attached hydrogens (tertiary/aromatic N) is 3. The first-order valence-corrected chi connectivity index (χ1v) is 16.2. The number of primary sulfonamides is 1. The van der Waals surface area contributed by atoms with E-state index in [-0.39, 0.29) is 18.5 Å². The molecule has 8 nitrogen and oxygen atoms in total. The molecule has 1 atom stereocenters. The minimum atomic E-state index is -4.27. The van der Waals surface area contributed by atoms with Crippen molar-refractivity contribution >= 4 is 32.9 Å². The largest absolute Gasteiger partial charge is 0.476 e.